The predicted octanol–water partition coefficient (Wildman–Crippen LogP) is 5.16. The van der Waals surface area contributed by atoms with E-state index in [1.807, 2.05) is 6.92 Å². The highest BCUT2D eigenvalue weighted by atomic mass is 16.3. The first-order valence-electron chi connectivity index (χ1n) is 14.1. The number of nitrogens with zero attached hydrogens (tertiary/aromatic N) is 3. The molecule has 5 fully saturated rings. The quantitative estimate of drug-likeness (QED) is 0.629. The monoisotopic (exact) mass is 465 g/mol. The van der Waals surface area contributed by atoms with Crippen LogP contribution in [0.1, 0.15) is 90.5 Å². The van der Waals surface area contributed by atoms with Crippen LogP contribution in [0.4, 0.5) is 0 Å². The van der Waals surface area contributed by atoms with E-state index in [1.165, 1.54) is 38.5 Å². The van der Waals surface area contributed by atoms with E-state index in [0.717, 1.165) is 61.2 Å². The van der Waals surface area contributed by atoms with Crippen LogP contribution >= 0.6 is 0 Å². The molecule has 5 nitrogen and oxygen atoms in total. The van der Waals surface area contributed by atoms with Gasteiger partial charge >= 0.3 is 0 Å². The van der Waals surface area contributed by atoms with E-state index < -0.39 is 11.2 Å². The summed E-state index contributed by atoms with van der Waals surface area (Å²) in [6, 6.07) is 2.16. The summed E-state index contributed by atoms with van der Waals surface area (Å²) in [5.74, 6) is 5.67. The minimum absolute atomic E-state index is 0.202. The van der Waals surface area contributed by atoms with Crippen LogP contribution in [0.2, 0.25) is 0 Å². The van der Waals surface area contributed by atoms with Gasteiger partial charge in [0.15, 0.2) is 0 Å². The fourth-order valence-corrected chi connectivity index (χ4v) is 10.7. The summed E-state index contributed by atoms with van der Waals surface area (Å²) in [5, 5.41) is 36.6. The first kappa shape index (κ1) is 23.0. The number of hydrogen-bond acceptors (Lipinski definition) is 4. The minimum atomic E-state index is -0.812. The minimum Gasteiger partial charge on any atom is -0.390 e. The highest BCUT2D eigenvalue weighted by Gasteiger charge is 2.72. The molecule has 1 aromatic heterocycles. The number of hydrogen-bond donors (Lipinski definition) is 2. The van der Waals surface area contributed by atoms with Crippen molar-refractivity contribution in [2.75, 3.05) is 0 Å². The molecule has 5 aliphatic rings. The predicted molar refractivity (Wildman–Crippen MR) is 130 cm³/mol. The maximum Gasteiger partial charge on any atom is 0.102 e. The van der Waals surface area contributed by atoms with E-state index in [2.05, 4.69) is 25.0 Å². The molecular weight excluding hydrogens is 422 g/mol. The summed E-state index contributed by atoms with van der Waals surface area (Å²) < 4.78 is 1.78. The van der Waals surface area contributed by atoms with Gasteiger partial charge in [0.1, 0.15) is 6.07 Å². The van der Waals surface area contributed by atoms with Crippen LogP contribution in [-0.4, -0.2) is 31.2 Å². The van der Waals surface area contributed by atoms with E-state index in [4.69, 9.17) is 0 Å². The molecule has 0 saturated heterocycles. The summed E-state index contributed by atoms with van der Waals surface area (Å²) in [5.41, 5.74) is -0.449. The Morgan fingerprint density at radius 3 is 2.68 bits per heavy atom. The van der Waals surface area contributed by atoms with Gasteiger partial charge in [-0.2, -0.15) is 10.4 Å². The zero-order valence-corrected chi connectivity index (χ0v) is 21.3. The summed E-state index contributed by atoms with van der Waals surface area (Å²) >= 11 is 0. The molecule has 34 heavy (non-hydrogen) atoms. The lowest BCUT2D eigenvalue weighted by atomic mass is 9.47. The Kier molecular flexibility index (Phi) is 5.29. The Labute approximate surface area is 204 Å². The Hall–Kier alpha value is -1.38. The summed E-state index contributed by atoms with van der Waals surface area (Å²) in [4.78, 5) is 0. The van der Waals surface area contributed by atoms with Gasteiger partial charge in [0.2, 0.25) is 0 Å². The van der Waals surface area contributed by atoms with Gasteiger partial charge < -0.3 is 10.2 Å². The topological polar surface area (TPSA) is 82.1 Å². The number of nitriles is 1. The number of fused-ring (bicyclic) bond motifs is 7. The van der Waals surface area contributed by atoms with Crippen LogP contribution < -0.4 is 0 Å². The van der Waals surface area contributed by atoms with Crippen molar-refractivity contribution in [2.45, 2.75) is 103 Å². The van der Waals surface area contributed by atoms with Crippen LogP contribution in [0.5, 0.6) is 0 Å². The maximum atomic E-state index is 11.9. The third-order valence-corrected chi connectivity index (χ3v) is 11.5. The van der Waals surface area contributed by atoms with Gasteiger partial charge in [-0.3, -0.25) is 4.68 Å². The summed E-state index contributed by atoms with van der Waals surface area (Å²) in [7, 11) is 0. The zero-order chi connectivity index (χ0) is 23.9. The maximum absolute atomic E-state index is 11.9. The molecule has 0 radical (unpaired) electrons. The SMILES string of the molecule is CCC[C@@]1(O)CC[C@H]2[C@H](CC[C@@H]3[C@@H]2CC[C@@]2(C)[C@H]3[C@@H]3C[C@@H]3[C@@H]2[C@@](C)(O)Cn2cc(C#N)cn2)C1. The van der Waals surface area contributed by atoms with E-state index in [9.17, 15) is 15.5 Å². The van der Waals surface area contributed by atoms with Crippen molar-refractivity contribution in [3.63, 3.8) is 0 Å². The van der Waals surface area contributed by atoms with Crippen molar-refractivity contribution in [3.8, 4) is 6.07 Å². The molecule has 1 heterocycles. The molecular formula is C29H43N3O2. The molecule has 5 aliphatic carbocycles. The second-order valence-corrected chi connectivity index (χ2v) is 13.6. The first-order chi connectivity index (χ1) is 16.2. The number of rotatable bonds is 5. The Morgan fingerprint density at radius 2 is 1.94 bits per heavy atom. The molecule has 11 atom stereocenters. The van der Waals surface area contributed by atoms with Gasteiger partial charge in [-0.25, -0.2) is 0 Å². The average molecular weight is 466 g/mol. The van der Waals surface area contributed by atoms with Crippen molar-refractivity contribution in [3.05, 3.63) is 18.0 Å². The molecule has 5 saturated carbocycles. The van der Waals surface area contributed by atoms with Crippen LogP contribution in [0, 0.1) is 64.1 Å². The third kappa shape index (κ3) is 3.42. The molecule has 5 heteroatoms. The standard InChI is InChI=1S/C29H43N3O2/c1-4-9-29(34)11-8-20-19(13-29)5-6-22-21(20)7-10-27(2)25(22)23-12-24(23)26(27)28(3,33)17-32-16-18(14-30)15-31-32/h15-16,19-26,33-34H,4-13,17H2,1-3H3/t19-,20+,21-,22-,23-,24+,25-,26+,27+,28+,29-/m1/s1. The lowest BCUT2D eigenvalue weighted by Crippen LogP contribution is -2.55. The highest BCUT2D eigenvalue weighted by molar-refractivity contribution is 5.23. The van der Waals surface area contributed by atoms with Gasteiger partial charge in [0.05, 0.1) is 29.5 Å². The van der Waals surface area contributed by atoms with Crippen molar-refractivity contribution in [2.24, 2.45) is 52.8 Å². The molecule has 0 aromatic carbocycles. The van der Waals surface area contributed by atoms with Crippen molar-refractivity contribution >= 4 is 0 Å². The smallest absolute Gasteiger partial charge is 0.102 e. The molecule has 2 N–H and O–H groups in total. The fourth-order valence-electron chi connectivity index (χ4n) is 10.7. The van der Waals surface area contributed by atoms with E-state index in [1.54, 1.807) is 17.1 Å². The largest absolute Gasteiger partial charge is 0.390 e. The molecule has 0 bridgehead atoms. The van der Waals surface area contributed by atoms with Crippen molar-refractivity contribution in [1.82, 2.24) is 9.78 Å². The van der Waals surface area contributed by atoms with Crippen LogP contribution in [0.3, 0.4) is 0 Å². The van der Waals surface area contributed by atoms with E-state index in [-0.39, 0.29) is 5.41 Å². The molecule has 0 aliphatic heterocycles. The lowest BCUT2D eigenvalue weighted by Gasteiger charge is -2.59. The molecule has 186 valence electrons. The van der Waals surface area contributed by atoms with Crippen LogP contribution in [0.15, 0.2) is 12.4 Å². The van der Waals surface area contributed by atoms with Crippen LogP contribution in [-0.2, 0) is 6.54 Å². The lowest BCUT2D eigenvalue weighted by molar-refractivity contribution is -0.141. The Morgan fingerprint density at radius 1 is 1.15 bits per heavy atom. The van der Waals surface area contributed by atoms with Gasteiger partial charge in [-0.1, -0.05) is 20.3 Å². The Bertz CT molecular complexity index is 980. The van der Waals surface area contributed by atoms with Crippen molar-refractivity contribution in [1.29, 1.82) is 5.26 Å². The van der Waals surface area contributed by atoms with Gasteiger partial charge in [-0.05, 0) is 117 Å². The summed E-state index contributed by atoms with van der Waals surface area (Å²) in [6.07, 6.45) is 15.1. The third-order valence-electron chi connectivity index (χ3n) is 11.5. The van der Waals surface area contributed by atoms with Gasteiger partial charge in [0.25, 0.3) is 0 Å². The zero-order valence-electron chi connectivity index (χ0n) is 21.3. The van der Waals surface area contributed by atoms with E-state index >= 15 is 0 Å². The number of aromatic nitrogens is 2. The van der Waals surface area contributed by atoms with Gasteiger partial charge in [0, 0.05) is 6.20 Å². The fraction of sp³-hybridized carbons (Fsp3) is 0.862. The Balaban J connectivity index is 1.22. The summed E-state index contributed by atoms with van der Waals surface area (Å²) in [6.45, 7) is 7.22. The van der Waals surface area contributed by atoms with Crippen molar-refractivity contribution < 1.29 is 10.2 Å². The molecule has 0 spiro atoms. The second-order valence-electron chi connectivity index (χ2n) is 13.6. The van der Waals surface area contributed by atoms with Gasteiger partial charge in [-0.15, -0.1) is 0 Å². The molecule has 0 unspecified atom stereocenters. The highest BCUT2D eigenvalue weighted by Crippen LogP contribution is 2.76. The number of aliphatic hydroxyl groups is 2. The first-order valence-corrected chi connectivity index (χ1v) is 14.1. The average Bonchev–Trinajstić information content (AvgIpc) is 3.28. The van der Waals surface area contributed by atoms with E-state index in [0.29, 0.717) is 23.9 Å². The molecule has 0 amide bonds. The molecule has 6 rings (SSSR count). The molecule has 1 aromatic rings. The van der Waals surface area contributed by atoms with Crippen LogP contribution in [0.25, 0.3) is 0 Å². The second kappa shape index (κ2) is 7.81. The normalized spacial score (nSPS) is 48.6.